The van der Waals surface area contributed by atoms with Gasteiger partial charge in [0.1, 0.15) is 0 Å². The van der Waals surface area contributed by atoms with E-state index < -0.39 is 0 Å². The van der Waals surface area contributed by atoms with E-state index in [1.165, 1.54) is 16.5 Å². The molecule has 0 unspecified atom stereocenters. The van der Waals surface area contributed by atoms with Crippen molar-refractivity contribution in [1.29, 1.82) is 0 Å². The molecule has 0 aliphatic rings. The van der Waals surface area contributed by atoms with Crippen LogP contribution < -0.4 is 5.32 Å². The average Bonchev–Trinajstić information content (AvgIpc) is 3.02. The van der Waals surface area contributed by atoms with Crippen LogP contribution in [0.3, 0.4) is 0 Å². The predicted octanol–water partition coefficient (Wildman–Crippen LogP) is 4.02. The predicted molar refractivity (Wildman–Crippen MR) is 94.5 cm³/mol. The number of fused-ring (bicyclic) bond motifs is 1. The lowest BCUT2D eigenvalue weighted by Crippen LogP contribution is -2.27. The zero-order valence-corrected chi connectivity index (χ0v) is 13.4. The molecule has 1 amide bonds. The van der Waals surface area contributed by atoms with Gasteiger partial charge in [-0.05, 0) is 29.5 Å². The van der Waals surface area contributed by atoms with Crippen LogP contribution in [0, 0.1) is 0 Å². The Kier molecular flexibility index (Phi) is 4.77. The van der Waals surface area contributed by atoms with Crippen molar-refractivity contribution in [3.63, 3.8) is 0 Å². The SMILES string of the molecule is C[C@@H](CNC(=O)CCc1c[nH]c2ccccc12)c1ccccc1. The summed E-state index contributed by atoms with van der Waals surface area (Å²) in [6.07, 6.45) is 3.28. The van der Waals surface area contributed by atoms with Gasteiger partial charge in [0.2, 0.25) is 5.91 Å². The summed E-state index contributed by atoms with van der Waals surface area (Å²) >= 11 is 0. The molecule has 0 saturated carbocycles. The normalized spacial score (nSPS) is 12.2. The molecule has 0 fully saturated rings. The van der Waals surface area contributed by atoms with Gasteiger partial charge in [-0.25, -0.2) is 0 Å². The Morgan fingerprint density at radius 3 is 2.65 bits per heavy atom. The van der Waals surface area contributed by atoms with Crippen molar-refractivity contribution in [2.24, 2.45) is 0 Å². The first-order valence-corrected chi connectivity index (χ1v) is 8.10. The molecule has 1 aromatic heterocycles. The van der Waals surface area contributed by atoms with E-state index in [4.69, 9.17) is 0 Å². The van der Waals surface area contributed by atoms with Crippen molar-refractivity contribution in [3.8, 4) is 0 Å². The van der Waals surface area contributed by atoms with Gasteiger partial charge in [-0.2, -0.15) is 0 Å². The Morgan fingerprint density at radius 2 is 1.83 bits per heavy atom. The fourth-order valence-electron chi connectivity index (χ4n) is 2.84. The number of hydrogen-bond acceptors (Lipinski definition) is 1. The Hall–Kier alpha value is -2.55. The summed E-state index contributed by atoms with van der Waals surface area (Å²) in [7, 11) is 0. The smallest absolute Gasteiger partial charge is 0.220 e. The second-order valence-corrected chi connectivity index (χ2v) is 5.98. The van der Waals surface area contributed by atoms with Crippen LogP contribution in [0.15, 0.2) is 60.8 Å². The molecule has 0 aliphatic carbocycles. The van der Waals surface area contributed by atoms with E-state index in [1.807, 2.05) is 36.5 Å². The van der Waals surface area contributed by atoms with Gasteiger partial charge in [-0.15, -0.1) is 0 Å². The number of aromatic amines is 1. The summed E-state index contributed by atoms with van der Waals surface area (Å²) in [4.78, 5) is 15.3. The number of para-hydroxylation sites is 1. The van der Waals surface area contributed by atoms with Crippen LogP contribution in [0.25, 0.3) is 10.9 Å². The number of carbonyl (C=O) groups excluding carboxylic acids is 1. The van der Waals surface area contributed by atoms with Crippen LogP contribution >= 0.6 is 0 Å². The standard InChI is InChI=1S/C20H22N2O/c1-15(16-7-3-2-4-8-16)13-22-20(23)12-11-17-14-21-19-10-6-5-9-18(17)19/h2-10,14-15,21H,11-13H2,1H3,(H,22,23)/t15-/m0/s1. The first kappa shape index (κ1) is 15.3. The summed E-state index contributed by atoms with van der Waals surface area (Å²) < 4.78 is 0. The highest BCUT2D eigenvalue weighted by molar-refractivity contribution is 5.84. The molecule has 0 radical (unpaired) electrons. The topological polar surface area (TPSA) is 44.9 Å². The minimum Gasteiger partial charge on any atom is -0.361 e. The number of aryl methyl sites for hydroxylation is 1. The fraction of sp³-hybridized carbons (Fsp3) is 0.250. The van der Waals surface area contributed by atoms with Crippen LogP contribution in [-0.2, 0) is 11.2 Å². The molecule has 3 rings (SSSR count). The molecule has 0 spiro atoms. The molecule has 3 heteroatoms. The number of amides is 1. The van der Waals surface area contributed by atoms with E-state index >= 15 is 0 Å². The van der Waals surface area contributed by atoms with Gasteiger partial charge in [0, 0.05) is 30.1 Å². The Bertz CT molecular complexity index is 776. The van der Waals surface area contributed by atoms with E-state index in [1.54, 1.807) is 0 Å². The molecule has 2 N–H and O–H groups in total. The molecule has 0 bridgehead atoms. The van der Waals surface area contributed by atoms with Crippen LogP contribution in [0.4, 0.5) is 0 Å². The zero-order valence-electron chi connectivity index (χ0n) is 13.4. The van der Waals surface area contributed by atoms with Crippen molar-refractivity contribution in [3.05, 3.63) is 71.9 Å². The van der Waals surface area contributed by atoms with Gasteiger partial charge in [0.15, 0.2) is 0 Å². The van der Waals surface area contributed by atoms with E-state index in [9.17, 15) is 4.79 Å². The van der Waals surface area contributed by atoms with Crippen molar-refractivity contribution < 1.29 is 4.79 Å². The van der Waals surface area contributed by atoms with E-state index in [-0.39, 0.29) is 5.91 Å². The van der Waals surface area contributed by atoms with Gasteiger partial charge in [0.25, 0.3) is 0 Å². The van der Waals surface area contributed by atoms with Gasteiger partial charge < -0.3 is 10.3 Å². The Balaban J connectivity index is 1.50. The number of aromatic nitrogens is 1. The maximum absolute atomic E-state index is 12.1. The van der Waals surface area contributed by atoms with Crippen LogP contribution in [0.1, 0.15) is 30.4 Å². The summed E-state index contributed by atoms with van der Waals surface area (Å²) in [5.74, 6) is 0.436. The molecule has 1 atom stereocenters. The van der Waals surface area contributed by atoms with Gasteiger partial charge in [-0.3, -0.25) is 4.79 Å². The molecular weight excluding hydrogens is 284 g/mol. The van der Waals surface area contributed by atoms with Crippen molar-refractivity contribution in [1.82, 2.24) is 10.3 Å². The number of nitrogens with one attached hydrogen (secondary N) is 2. The first-order valence-electron chi connectivity index (χ1n) is 8.10. The number of benzene rings is 2. The number of carbonyl (C=O) groups is 1. The van der Waals surface area contributed by atoms with Crippen LogP contribution in [0.2, 0.25) is 0 Å². The number of rotatable bonds is 6. The second-order valence-electron chi connectivity index (χ2n) is 5.98. The van der Waals surface area contributed by atoms with Gasteiger partial charge >= 0.3 is 0 Å². The molecule has 2 aromatic carbocycles. The fourth-order valence-corrected chi connectivity index (χ4v) is 2.84. The maximum Gasteiger partial charge on any atom is 0.220 e. The lowest BCUT2D eigenvalue weighted by atomic mass is 10.0. The molecule has 3 aromatic rings. The molecule has 1 heterocycles. The third-order valence-electron chi connectivity index (χ3n) is 4.27. The van der Waals surface area contributed by atoms with Gasteiger partial charge in [0.05, 0.1) is 0 Å². The quantitative estimate of drug-likeness (QED) is 0.710. The lowest BCUT2D eigenvalue weighted by Gasteiger charge is -2.13. The Labute approximate surface area is 136 Å². The summed E-state index contributed by atoms with van der Waals surface area (Å²) in [5, 5.41) is 4.25. The van der Waals surface area contributed by atoms with Crippen molar-refractivity contribution in [2.75, 3.05) is 6.54 Å². The highest BCUT2D eigenvalue weighted by atomic mass is 16.1. The van der Waals surface area contributed by atoms with Crippen molar-refractivity contribution >= 4 is 16.8 Å². The number of hydrogen-bond donors (Lipinski definition) is 2. The Morgan fingerprint density at radius 1 is 1.09 bits per heavy atom. The largest absolute Gasteiger partial charge is 0.361 e. The summed E-state index contributed by atoms with van der Waals surface area (Å²) in [6, 6.07) is 18.5. The first-order chi connectivity index (χ1) is 11.2. The molecular formula is C20H22N2O. The second kappa shape index (κ2) is 7.14. The van der Waals surface area contributed by atoms with Gasteiger partial charge in [-0.1, -0.05) is 55.5 Å². The molecule has 0 saturated heterocycles. The van der Waals surface area contributed by atoms with Crippen molar-refractivity contribution in [2.45, 2.75) is 25.7 Å². The minimum atomic E-state index is 0.109. The van der Waals surface area contributed by atoms with Crippen LogP contribution in [-0.4, -0.2) is 17.4 Å². The van der Waals surface area contributed by atoms with E-state index in [0.29, 0.717) is 18.9 Å². The van der Waals surface area contributed by atoms with E-state index in [2.05, 4.69) is 41.5 Å². The third-order valence-corrected chi connectivity index (χ3v) is 4.27. The zero-order chi connectivity index (χ0) is 16.1. The molecule has 118 valence electrons. The monoisotopic (exact) mass is 306 g/mol. The summed E-state index contributed by atoms with van der Waals surface area (Å²) in [5.41, 5.74) is 3.58. The molecule has 0 aliphatic heterocycles. The average molecular weight is 306 g/mol. The minimum absolute atomic E-state index is 0.109. The lowest BCUT2D eigenvalue weighted by molar-refractivity contribution is -0.121. The molecule has 3 nitrogen and oxygen atoms in total. The maximum atomic E-state index is 12.1. The number of H-pyrrole nitrogens is 1. The summed E-state index contributed by atoms with van der Waals surface area (Å²) in [6.45, 7) is 2.81. The molecule has 23 heavy (non-hydrogen) atoms. The highest BCUT2D eigenvalue weighted by Gasteiger charge is 2.09. The van der Waals surface area contributed by atoms with Crippen LogP contribution in [0.5, 0.6) is 0 Å². The highest BCUT2D eigenvalue weighted by Crippen LogP contribution is 2.19. The van der Waals surface area contributed by atoms with E-state index in [0.717, 1.165) is 11.9 Å². The third kappa shape index (κ3) is 3.81.